The van der Waals surface area contributed by atoms with Gasteiger partial charge in [0.1, 0.15) is 5.75 Å². The average Bonchev–Trinajstić information content (AvgIpc) is 2.74. The van der Waals surface area contributed by atoms with E-state index in [2.05, 4.69) is 0 Å². The van der Waals surface area contributed by atoms with Crippen molar-refractivity contribution < 1.29 is 28.2 Å². The second kappa shape index (κ2) is 8.08. The smallest absolute Gasteiger partial charge is 0.417 e. The number of allylic oxidation sites excluding steroid dienone is 1. The van der Waals surface area contributed by atoms with Crippen LogP contribution in [0.4, 0.5) is 13.2 Å². The highest BCUT2D eigenvalue weighted by Gasteiger charge is 2.46. The molecular formula is C27H25F3O3. The molecule has 4 fully saturated rings. The van der Waals surface area contributed by atoms with Gasteiger partial charge in [0.05, 0.1) is 5.56 Å². The molecule has 0 aromatic heterocycles. The molecule has 6 rings (SSSR count). The number of hydrogen-bond acceptors (Lipinski definition) is 2. The van der Waals surface area contributed by atoms with E-state index in [-0.39, 0.29) is 11.3 Å². The lowest BCUT2D eigenvalue weighted by atomic mass is 9.53. The summed E-state index contributed by atoms with van der Waals surface area (Å²) in [6.07, 6.45) is 2.74. The lowest BCUT2D eigenvalue weighted by Gasteiger charge is -2.52. The molecule has 0 saturated heterocycles. The molecule has 4 aliphatic carbocycles. The van der Waals surface area contributed by atoms with Crippen LogP contribution in [0.2, 0.25) is 0 Å². The molecule has 2 N–H and O–H groups in total. The molecule has 0 radical (unpaired) electrons. The minimum Gasteiger partial charge on any atom is -0.508 e. The molecule has 0 atom stereocenters. The zero-order valence-corrected chi connectivity index (χ0v) is 18.0. The Bertz CT molecular complexity index is 1110. The van der Waals surface area contributed by atoms with E-state index < -0.39 is 17.7 Å². The lowest BCUT2D eigenvalue weighted by molar-refractivity contribution is -0.138. The third-order valence-electron chi connectivity index (χ3n) is 7.52. The van der Waals surface area contributed by atoms with Crippen LogP contribution in [0.25, 0.3) is 11.6 Å². The summed E-state index contributed by atoms with van der Waals surface area (Å²) in [5.41, 5.74) is 2.37. The largest absolute Gasteiger partial charge is 0.508 e. The Balaban J connectivity index is 1.70. The van der Waals surface area contributed by atoms with Crippen LogP contribution in [0.5, 0.6) is 5.75 Å². The Morgan fingerprint density at radius 3 is 2.00 bits per heavy atom. The highest BCUT2D eigenvalue weighted by atomic mass is 19.4. The monoisotopic (exact) mass is 454 g/mol. The van der Waals surface area contributed by atoms with Gasteiger partial charge in [0.2, 0.25) is 0 Å². The van der Waals surface area contributed by atoms with Crippen molar-refractivity contribution in [2.24, 2.45) is 23.7 Å². The minimum atomic E-state index is -4.62. The van der Waals surface area contributed by atoms with Gasteiger partial charge in [0, 0.05) is 6.08 Å². The molecule has 2 aromatic carbocycles. The molecule has 4 bridgehead atoms. The van der Waals surface area contributed by atoms with E-state index in [0.717, 1.165) is 55.0 Å². The number of aromatic hydroxyl groups is 1. The van der Waals surface area contributed by atoms with Crippen molar-refractivity contribution >= 4 is 17.6 Å². The van der Waals surface area contributed by atoms with E-state index in [1.165, 1.54) is 18.1 Å². The highest BCUT2D eigenvalue weighted by Crippen LogP contribution is 2.58. The summed E-state index contributed by atoms with van der Waals surface area (Å²) in [4.78, 5) is 10.9. The van der Waals surface area contributed by atoms with Gasteiger partial charge < -0.3 is 10.2 Å². The molecule has 0 heterocycles. The van der Waals surface area contributed by atoms with Gasteiger partial charge in [-0.1, -0.05) is 29.8 Å². The van der Waals surface area contributed by atoms with Crippen LogP contribution in [-0.4, -0.2) is 16.2 Å². The third kappa shape index (κ3) is 4.19. The van der Waals surface area contributed by atoms with E-state index in [4.69, 9.17) is 5.11 Å². The van der Waals surface area contributed by atoms with Crippen LogP contribution in [0.1, 0.15) is 54.4 Å². The number of aliphatic carboxylic acids is 1. The van der Waals surface area contributed by atoms with E-state index in [9.17, 15) is 23.1 Å². The third-order valence-corrected chi connectivity index (χ3v) is 7.52. The number of halogens is 3. The number of carbonyl (C=O) groups is 1. The predicted octanol–water partition coefficient (Wildman–Crippen LogP) is 6.77. The van der Waals surface area contributed by atoms with Gasteiger partial charge in [0.25, 0.3) is 0 Å². The van der Waals surface area contributed by atoms with Crippen LogP contribution in [0.15, 0.2) is 54.1 Å². The standard InChI is InChI=1S/C27H25F3O3/c28-27(29,30)23-14-19(2-1-17(23)5-8-24(32)33)25(18-3-6-22(31)7-4-18)26-20-10-15-9-16(12-20)13-21(26)11-15/h1-8,14-16,20-21,31H,9-13H2,(H,32,33)/b8-5+,26-25?. The van der Waals surface area contributed by atoms with Crippen molar-refractivity contribution in [1.29, 1.82) is 0 Å². The van der Waals surface area contributed by atoms with Gasteiger partial charge in [-0.3, -0.25) is 0 Å². The number of phenols is 1. The van der Waals surface area contributed by atoms with Crippen molar-refractivity contribution in [2.45, 2.75) is 38.3 Å². The Labute approximate surface area is 190 Å². The topological polar surface area (TPSA) is 57.5 Å². The first kappa shape index (κ1) is 21.8. The first-order chi connectivity index (χ1) is 15.7. The summed E-state index contributed by atoms with van der Waals surface area (Å²) < 4.78 is 41.9. The second-order valence-corrected chi connectivity index (χ2v) is 9.65. The molecular weight excluding hydrogens is 429 g/mol. The number of carboxylic acids is 1. The van der Waals surface area contributed by atoms with Crippen LogP contribution < -0.4 is 0 Å². The van der Waals surface area contributed by atoms with Crippen LogP contribution in [0, 0.1) is 23.7 Å². The number of alkyl halides is 3. The Morgan fingerprint density at radius 1 is 0.879 bits per heavy atom. The highest BCUT2D eigenvalue weighted by molar-refractivity contribution is 5.87. The minimum absolute atomic E-state index is 0.110. The number of hydrogen-bond donors (Lipinski definition) is 2. The van der Waals surface area contributed by atoms with Gasteiger partial charge in [-0.25, -0.2) is 4.79 Å². The SMILES string of the molecule is O=C(O)/C=C/c1ccc(C(=C2C3CC4CC(C3)CC2C4)c2ccc(O)cc2)cc1C(F)(F)F. The molecule has 0 amide bonds. The average molecular weight is 454 g/mol. The van der Waals surface area contributed by atoms with Crippen molar-refractivity contribution in [1.82, 2.24) is 0 Å². The van der Waals surface area contributed by atoms with Gasteiger partial charge in [-0.05, 0) is 102 Å². The van der Waals surface area contributed by atoms with Crippen LogP contribution in [0.3, 0.4) is 0 Å². The maximum Gasteiger partial charge on any atom is 0.417 e. The number of carboxylic acid groups (broad SMARTS) is 1. The zero-order chi connectivity index (χ0) is 23.3. The van der Waals surface area contributed by atoms with E-state index in [0.29, 0.717) is 29.2 Å². The molecule has 0 spiro atoms. The fraction of sp³-hybridized carbons (Fsp3) is 0.370. The van der Waals surface area contributed by atoms with E-state index in [1.54, 1.807) is 30.3 Å². The fourth-order valence-electron chi connectivity index (χ4n) is 6.49. The first-order valence-electron chi connectivity index (χ1n) is 11.3. The normalized spacial score (nSPS) is 26.2. The van der Waals surface area contributed by atoms with Gasteiger partial charge in [0.15, 0.2) is 0 Å². The number of phenolic OH excluding ortho intramolecular Hbond substituents is 1. The second-order valence-electron chi connectivity index (χ2n) is 9.65. The van der Waals surface area contributed by atoms with Gasteiger partial charge >= 0.3 is 12.1 Å². The van der Waals surface area contributed by atoms with E-state index in [1.807, 2.05) is 0 Å². The van der Waals surface area contributed by atoms with Crippen molar-refractivity contribution in [3.8, 4) is 5.75 Å². The van der Waals surface area contributed by atoms with Crippen molar-refractivity contribution in [3.05, 3.63) is 76.4 Å². The molecule has 2 aromatic rings. The quantitative estimate of drug-likeness (QED) is 0.502. The summed E-state index contributed by atoms with van der Waals surface area (Å²) in [6, 6.07) is 10.9. The molecule has 4 saturated carbocycles. The molecule has 172 valence electrons. The fourth-order valence-corrected chi connectivity index (χ4v) is 6.49. The molecule has 4 aliphatic rings. The molecule has 33 heavy (non-hydrogen) atoms. The lowest BCUT2D eigenvalue weighted by Crippen LogP contribution is -2.40. The van der Waals surface area contributed by atoms with Gasteiger partial charge in [-0.2, -0.15) is 13.2 Å². The van der Waals surface area contributed by atoms with Crippen LogP contribution in [-0.2, 0) is 11.0 Å². The van der Waals surface area contributed by atoms with Gasteiger partial charge in [-0.15, -0.1) is 0 Å². The van der Waals surface area contributed by atoms with Crippen molar-refractivity contribution in [3.63, 3.8) is 0 Å². The maximum atomic E-state index is 14.0. The van der Waals surface area contributed by atoms with Crippen molar-refractivity contribution in [2.75, 3.05) is 0 Å². The maximum absolute atomic E-state index is 14.0. The van der Waals surface area contributed by atoms with Crippen LogP contribution >= 0.6 is 0 Å². The van der Waals surface area contributed by atoms with E-state index >= 15 is 0 Å². The molecule has 3 nitrogen and oxygen atoms in total. The number of benzene rings is 2. The number of rotatable bonds is 4. The summed E-state index contributed by atoms with van der Waals surface area (Å²) >= 11 is 0. The predicted molar refractivity (Wildman–Crippen MR) is 119 cm³/mol. The summed E-state index contributed by atoms with van der Waals surface area (Å²) in [5, 5.41) is 18.7. The Morgan fingerprint density at radius 2 is 1.45 bits per heavy atom. The Kier molecular flexibility index (Phi) is 5.34. The Hall–Kier alpha value is -3.02. The summed E-state index contributed by atoms with van der Waals surface area (Å²) in [7, 11) is 0. The summed E-state index contributed by atoms with van der Waals surface area (Å²) in [6.45, 7) is 0. The molecule has 0 aliphatic heterocycles. The first-order valence-corrected chi connectivity index (χ1v) is 11.3. The molecule has 0 unspecified atom stereocenters. The zero-order valence-electron chi connectivity index (χ0n) is 18.0. The molecule has 6 heteroatoms. The summed E-state index contributed by atoms with van der Waals surface area (Å²) in [5.74, 6) is 1.00.